The summed E-state index contributed by atoms with van der Waals surface area (Å²) in [5, 5.41) is 3.21. The Hall–Kier alpha value is -2.82. The van der Waals surface area contributed by atoms with Crippen molar-refractivity contribution in [2.75, 3.05) is 7.11 Å². The lowest BCUT2D eigenvalue weighted by atomic mass is 9.86. The maximum Gasteiger partial charge on any atom is 0.251 e. The largest absolute Gasteiger partial charge is 0.497 e. The monoisotopic (exact) mass is 363 g/mol. The number of hydrogen-bond acceptors (Lipinski definition) is 3. The van der Waals surface area contributed by atoms with E-state index in [4.69, 9.17) is 4.74 Å². The Labute approximate surface area is 159 Å². The summed E-state index contributed by atoms with van der Waals surface area (Å²) in [5.74, 6) is 1.36. The highest BCUT2D eigenvalue weighted by Gasteiger charge is 2.23. The maximum absolute atomic E-state index is 12.7. The molecule has 0 unspecified atom stereocenters. The van der Waals surface area contributed by atoms with Crippen molar-refractivity contribution in [3.63, 3.8) is 0 Å². The van der Waals surface area contributed by atoms with Gasteiger partial charge in [0.05, 0.1) is 18.1 Å². The third kappa shape index (κ3) is 3.54. The zero-order valence-corrected chi connectivity index (χ0v) is 15.8. The van der Waals surface area contributed by atoms with Gasteiger partial charge in [-0.05, 0) is 61.2 Å². The Kier molecular flexibility index (Phi) is 4.84. The van der Waals surface area contributed by atoms with Crippen LogP contribution in [0.25, 0.3) is 16.7 Å². The molecule has 1 aromatic heterocycles. The number of aromatic nitrogens is 2. The molecule has 1 aliphatic rings. The van der Waals surface area contributed by atoms with Gasteiger partial charge in [-0.25, -0.2) is 4.98 Å². The lowest BCUT2D eigenvalue weighted by Crippen LogP contribution is -2.41. The van der Waals surface area contributed by atoms with Crippen LogP contribution in [-0.2, 0) is 0 Å². The molecule has 27 heavy (non-hydrogen) atoms. The van der Waals surface area contributed by atoms with Crippen molar-refractivity contribution in [3.05, 3.63) is 54.4 Å². The van der Waals surface area contributed by atoms with Crippen LogP contribution in [0.3, 0.4) is 0 Å². The molecule has 2 atom stereocenters. The molecule has 5 heteroatoms. The predicted octanol–water partition coefficient (Wildman–Crippen LogP) is 4.34. The lowest BCUT2D eigenvalue weighted by molar-refractivity contribution is 0.0910. The number of rotatable bonds is 4. The minimum Gasteiger partial charge on any atom is -0.497 e. The van der Waals surface area contributed by atoms with E-state index in [-0.39, 0.29) is 11.9 Å². The molecule has 5 nitrogen and oxygen atoms in total. The van der Waals surface area contributed by atoms with Crippen molar-refractivity contribution in [2.45, 2.75) is 38.6 Å². The molecule has 3 aromatic rings. The third-order valence-electron chi connectivity index (χ3n) is 5.59. The summed E-state index contributed by atoms with van der Waals surface area (Å²) in [4.78, 5) is 17.2. The number of nitrogens with zero attached hydrogens (tertiary/aromatic N) is 2. The average Bonchev–Trinajstić information content (AvgIpc) is 3.13. The average molecular weight is 363 g/mol. The fourth-order valence-electron chi connectivity index (χ4n) is 3.88. The smallest absolute Gasteiger partial charge is 0.251 e. The Morgan fingerprint density at radius 1 is 1.15 bits per heavy atom. The predicted molar refractivity (Wildman–Crippen MR) is 107 cm³/mol. The van der Waals surface area contributed by atoms with Gasteiger partial charge in [0.25, 0.3) is 5.91 Å². The minimum absolute atomic E-state index is 0.00496. The molecule has 0 aliphatic heterocycles. The van der Waals surface area contributed by atoms with Crippen LogP contribution in [0.15, 0.2) is 48.8 Å². The van der Waals surface area contributed by atoms with Gasteiger partial charge in [0.15, 0.2) is 0 Å². The zero-order chi connectivity index (χ0) is 18.8. The molecule has 1 heterocycles. The summed E-state index contributed by atoms with van der Waals surface area (Å²) < 4.78 is 7.23. The molecule has 1 amide bonds. The van der Waals surface area contributed by atoms with Crippen LogP contribution in [0.4, 0.5) is 0 Å². The number of amides is 1. The van der Waals surface area contributed by atoms with Crippen LogP contribution < -0.4 is 10.1 Å². The van der Waals surface area contributed by atoms with E-state index in [0.717, 1.165) is 28.9 Å². The van der Waals surface area contributed by atoms with Gasteiger partial charge in [-0.3, -0.25) is 9.36 Å². The molecule has 0 spiro atoms. The Morgan fingerprint density at radius 3 is 2.67 bits per heavy atom. The molecule has 2 aromatic carbocycles. The van der Waals surface area contributed by atoms with Gasteiger partial charge in [-0.1, -0.05) is 19.8 Å². The van der Waals surface area contributed by atoms with Gasteiger partial charge >= 0.3 is 0 Å². The standard InChI is InChI=1S/C22H25N3O2/c1-15-5-3-4-6-19(15)24-22(26)16-7-12-21-20(13-16)23-14-25(21)17-8-10-18(27-2)11-9-17/h7-15,19H,3-6H2,1-2H3,(H,24,26)/t15-,19+/m0/s1. The molecule has 1 aliphatic carbocycles. The molecular weight excluding hydrogens is 338 g/mol. The summed E-state index contributed by atoms with van der Waals surface area (Å²) >= 11 is 0. The van der Waals surface area contributed by atoms with Crippen molar-refractivity contribution in [3.8, 4) is 11.4 Å². The SMILES string of the molecule is COc1ccc(-n2cnc3cc(C(=O)N[C@@H]4CCCC[C@@H]4C)ccc32)cc1. The van der Waals surface area contributed by atoms with E-state index in [9.17, 15) is 4.79 Å². The van der Waals surface area contributed by atoms with Crippen LogP contribution in [0.2, 0.25) is 0 Å². The maximum atomic E-state index is 12.7. The highest BCUT2D eigenvalue weighted by Crippen LogP contribution is 2.25. The van der Waals surface area contributed by atoms with Gasteiger partial charge in [-0.15, -0.1) is 0 Å². The molecular formula is C22H25N3O2. The van der Waals surface area contributed by atoms with Gasteiger partial charge in [0, 0.05) is 17.3 Å². The molecule has 140 valence electrons. The number of carbonyl (C=O) groups is 1. The second kappa shape index (κ2) is 7.43. The number of imidazole rings is 1. The molecule has 0 bridgehead atoms. The van der Waals surface area contributed by atoms with Crippen molar-refractivity contribution in [2.24, 2.45) is 5.92 Å². The number of hydrogen-bond donors (Lipinski definition) is 1. The summed E-state index contributed by atoms with van der Waals surface area (Å²) in [5.41, 5.74) is 3.46. The number of fused-ring (bicyclic) bond motifs is 1. The van der Waals surface area contributed by atoms with Crippen molar-refractivity contribution in [1.82, 2.24) is 14.9 Å². The highest BCUT2D eigenvalue weighted by molar-refractivity contribution is 5.97. The fourth-order valence-corrected chi connectivity index (χ4v) is 3.88. The summed E-state index contributed by atoms with van der Waals surface area (Å²) in [6.45, 7) is 2.23. The molecule has 0 saturated heterocycles. The summed E-state index contributed by atoms with van der Waals surface area (Å²) in [6, 6.07) is 13.8. The topological polar surface area (TPSA) is 56.2 Å². The quantitative estimate of drug-likeness (QED) is 0.750. The van der Waals surface area contributed by atoms with E-state index < -0.39 is 0 Å². The number of ether oxygens (including phenoxy) is 1. The van der Waals surface area contributed by atoms with Crippen molar-refractivity contribution < 1.29 is 9.53 Å². The second-order valence-corrected chi connectivity index (χ2v) is 7.36. The van der Waals surface area contributed by atoms with Crippen LogP contribution in [0.1, 0.15) is 43.0 Å². The highest BCUT2D eigenvalue weighted by atomic mass is 16.5. The first-order valence-corrected chi connectivity index (χ1v) is 9.58. The van der Waals surface area contributed by atoms with Crippen molar-refractivity contribution >= 4 is 16.9 Å². The first-order valence-electron chi connectivity index (χ1n) is 9.58. The van der Waals surface area contributed by atoms with Crippen LogP contribution in [0.5, 0.6) is 5.75 Å². The van der Waals surface area contributed by atoms with Crippen molar-refractivity contribution in [1.29, 1.82) is 0 Å². The van der Waals surface area contributed by atoms with Crippen LogP contribution in [-0.4, -0.2) is 28.6 Å². The van der Waals surface area contributed by atoms with Crippen LogP contribution in [0, 0.1) is 5.92 Å². The first-order chi connectivity index (χ1) is 13.2. The van der Waals surface area contributed by atoms with Gasteiger partial charge < -0.3 is 10.1 Å². The number of benzene rings is 2. The Balaban J connectivity index is 1.57. The van der Waals surface area contributed by atoms with Gasteiger partial charge in [0.1, 0.15) is 12.1 Å². The molecule has 1 N–H and O–H groups in total. The fraction of sp³-hybridized carbons (Fsp3) is 0.364. The summed E-state index contributed by atoms with van der Waals surface area (Å²) in [6.07, 6.45) is 6.51. The third-order valence-corrected chi connectivity index (χ3v) is 5.59. The Morgan fingerprint density at radius 2 is 1.93 bits per heavy atom. The lowest BCUT2D eigenvalue weighted by Gasteiger charge is -2.29. The van der Waals surface area contributed by atoms with E-state index in [0.29, 0.717) is 11.5 Å². The van der Waals surface area contributed by atoms with Gasteiger partial charge in [0.2, 0.25) is 0 Å². The summed E-state index contributed by atoms with van der Waals surface area (Å²) in [7, 11) is 1.66. The molecule has 4 rings (SSSR count). The zero-order valence-electron chi connectivity index (χ0n) is 15.8. The molecule has 0 radical (unpaired) electrons. The van der Waals surface area contributed by atoms with E-state index >= 15 is 0 Å². The first kappa shape index (κ1) is 17.6. The molecule has 1 fully saturated rings. The molecule has 1 saturated carbocycles. The van der Waals surface area contributed by atoms with E-state index in [1.54, 1.807) is 13.4 Å². The Bertz CT molecular complexity index is 946. The van der Waals surface area contributed by atoms with Gasteiger partial charge in [-0.2, -0.15) is 0 Å². The normalized spacial score (nSPS) is 19.8. The van der Waals surface area contributed by atoms with E-state index in [1.807, 2.05) is 47.0 Å². The van der Waals surface area contributed by atoms with E-state index in [2.05, 4.69) is 17.2 Å². The second-order valence-electron chi connectivity index (χ2n) is 7.36. The van der Waals surface area contributed by atoms with E-state index in [1.165, 1.54) is 19.3 Å². The number of carbonyl (C=O) groups excluding carboxylic acids is 1. The minimum atomic E-state index is -0.00496. The number of nitrogens with one attached hydrogen (secondary N) is 1. The number of methoxy groups -OCH3 is 1. The van der Waals surface area contributed by atoms with Crippen LogP contribution >= 0.6 is 0 Å².